The number of alkyl carbamates (subject to hydrolysis) is 1. The molecule has 230 valence electrons. The molecule has 42 heavy (non-hydrogen) atoms. The summed E-state index contributed by atoms with van der Waals surface area (Å²) in [6, 6.07) is 13.8. The average Bonchev–Trinajstić information content (AvgIpc) is 2.92. The first kappa shape index (κ1) is 33.2. The minimum absolute atomic E-state index is 0.0839. The van der Waals surface area contributed by atoms with Crippen LogP contribution in [0.2, 0.25) is 0 Å². The maximum Gasteiger partial charge on any atom is 0.408 e. The molecule has 0 aliphatic heterocycles. The van der Waals surface area contributed by atoms with Crippen molar-refractivity contribution in [3.8, 4) is 0 Å². The molecule has 1 aliphatic rings. The summed E-state index contributed by atoms with van der Waals surface area (Å²) in [5, 5.41) is 6.18. The fourth-order valence-corrected chi connectivity index (χ4v) is 5.61. The first-order valence-electron chi connectivity index (χ1n) is 15.5. The number of hydrogen-bond acceptors (Lipinski definition) is 4. The van der Waals surface area contributed by atoms with Crippen LogP contribution >= 0.6 is 0 Å². The summed E-state index contributed by atoms with van der Waals surface area (Å²) in [6.07, 6.45) is 5.43. The number of nitrogens with zero attached hydrogens (tertiary/aromatic N) is 1. The Morgan fingerprint density at radius 1 is 0.929 bits per heavy atom. The third-order valence-electron chi connectivity index (χ3n) is 8.43. The van der Waals surface area contributed by atoms with Crippen molar-refractivity contribution < 1.29 is 19.1 Å². The van der Waals surface area contributed by atoms with Crippen LogP contribution in [0, 0.1) is 13.8 Å². The van der Waals surface area contributed by atoms with Crippen molar-refractivity contribution in [2.24, 2.45) is 0 Å². The molecule has 0 aromatic heterocycles. The highest BCUT2D eigenvalue weighted by molar-refractivity contribution is 5.93. The number of rotatable bonds is 10. The molecule has 3 amide bonds. The molecule has 1 fully saturated rings. The van der Waals surface area contributed by atoms with E-state index in [9.17, 15) is 14.4 Å². The van der Waals surface area contributed by atoms with E-state index < -0.39 is 29.3 Å². The number of carbonyl (C=O) groups excluding carboxylic acids is 3. The zero-order valence-corrected chi connectivity index (χ0v) is 26.9. The minimum Gasteiger partial charge on any atom is -0.444 e. The minimum atomic E-state index is -0.942. The van der Waals surface area contributed by atoms with E-state index in [1.807, 2.05) is 83.1 Å². The van der Waals surface area contributed by atoms with Crippen LogP contribution in [-0.2, 0) is 20.7 Å². The molecule has 0 bridgehead atoms. The third-order valence-corrected chi connectivity index (χ3v) is 8.43. The number of benzene rings is 2. The van der Waals surface area contributed by atoms with Crippen LogP contribution in [0.4, 0.5) is 4.79 Å². The summed E-state index contributed by atoms with van der Waals surface area (Å²) in [5.74, 6) is -0.498. The summed E-state index contributed by atoms with van der Waals surface area (Å²) in [4.78, 5) is 44.0. The van der Waals surface area contributed by atoms with Crippen LogP contribution in [-0.4, -0.2) is 46.0 Å². The SMILES string of the molecule is CCC(C)(C)N(C(=O)C(Cc1ccccc1)NC(=O)OC(C)(C)C)C(C(=O)NC1CCCCC1)c1cccc(C)c1C. The van der Waals surface area contributed by atoms with Gasteiger partial charge in [-0.05, 0) is 90.0 Å². The van der Waals surface area contributed by atoms with E-state index >= 15 is 0 Å². The number of carbonyl (C=O) groups is 3. The molecule has 2 unspecified atom stereocenters. The average molecular weight is 578 g/mol. The van der Waals surface area contributed by atoms with Crippen LogP contribution in [0.1, 0.15) is 108 Å². The molecular weight excluding hydrogens is 526 g/mol. The van der Waals surface area contributed by atoms with Gasteiger partial charge in [0.15, 0.2) is 0 Å². The Kier molecular flexibility index (Phi) is 11.2. The molecule has 2 aromatic carbocycles. The van der Waals surface area contributed by atoms with Crippen LogP contribution in [0.25, 0.3) is 0 Å². The zero-order chi connectivity index (χ0) is 31.1. The van der Waals surface area contributed by atoms with Gasteiger partial charge in [-0.1, -0.05) is 74.7 Å². The van der Waals surface area contributed by atoms with Crippen molar-refractivity contribution >= 4 is 17.9 Å². The number of hydrogen-bond donors (Lipinski definition) is 2. The first-order valence-corrected chi connectivity index (χ1v) is 15.5. The van der Waals surface area contributed by atoms with E-state index in [0.717, 1.165) is 47.9 Å². The second kappa shape index (κ2) is 14.2. The van der Waals surface area contributed by atoms with Gasteiger partial charge in [0, 0.05) is 18.0 Å². The molecule has 0 radical (unpaired) electrons. The lowest BCUT2D eigenvalue weighted by atomic mass is 9.88. The monoisotopic (exact) mass is 577 g/mol. The lowest BCUT2D eigenvalue weighted by Crippen LogP contribution is -2.60. The van der Waals surface area contributed by atoms with Gasteiger partial charge in [-0.3, -0.25) is 9.59 Å². The molecule has 7 nitrogen and oxygen atoms in total. The van der Waals surface area contributed by atoms with Crippen LogP contribution in [0.15, 0.2) is 48.5 Å². The largest absolute Gasteiger partial charge is 0.444 e. The molecule has 0 saturated heterocycles. The second-order valence-corrected chi connectivity index (χ2v) is 13.3. The zero-order valence-electron chi connectivity index (χ0n) is 26.9. The highest BCUT2D eigenvalue weighted by atomic mass is 16.6. The number of aryl methyl sites for hydroxylation is 1. The maximum atomic E-state index is 14.8. The Hall–Kier alpha value is -3.35. The Morgan fingerprint density at radius 2 is 1.57 bits per heavy atom. The Labute approximate surface area is 252 Å². The van der Waals surface area contributed by atoms with Crippen LogP contribution < -0.4 is 10.6 Å². The highest BCUT2D eigenvalue weighted by Crippen LogP contribution is 2.35. The second-order valence-electron chi connectivity index (χ2n) is 13.3. The topological polar surface area (TPSA) is 87.7 Å². The van der Waals surface area contributed by atoms with E-state index in [2.05, 4.69) is 10.6 Å². The predicted octanol–water partition coefficient (Wildman–Crippen LogP) is 6.95. The highest BCUT2D eigenvalue weighted by Gasteiger charge is 2.44. The number of ether oxygens (including phenoxy) is 1. The molecular formula is C35H51N3O4. The van der Waals surface area contributed by atoms with Gasteiger partial charge in [0.05, 0.1) is 0 Å². The Balaban J connectivity index is 2.12. The standard InChI is InChI=1S/C35H51N3O4/c1-9-35(7,8)38(32(40)29(23-26-18-12-10-13-19-26)37-33(41)42-34(4,5)6)30(28-22-16-17-24(2)25(28)3)31(39)36-27-20-14-11-15-21-27/h10,12-13,16-19,22,27,29-30H,9,11,14-15,20-21,23H2,1-8H3,(H,36,39)(H,37,41). The van der Waals surface area contributed by atoms with E-state index in [1.54, 1.807) is 25.7 Å². The van der Waals surface area contributed by atoms with E-state index in [0.29, 0.717) is 6.42 Å². The van der Waals surface area contributed by atoms with Crippen LogP contribution in [0.3, 0.4) is 0 Å². The quantitative estimate of drug-likeness (QED) is 0.320. The number of amides is 3. The maximum absolute atomic E-state index is 14.8. The summed E-state index contributed by atoms with van der Waals surface area (Å²) >= 11 is 0. The van der Waals surface area contributed by atoms with Gasteiger partial charge in [0.1, 0.15) is 17.7 Å². The van der Waals surface area contributed by atoms with Gasteiger partial charge in [-0.15, -0.1) is 0 Å². The fourth-order valence-electron chi connectivity index (χ4n) is 5.61. The van der Waals surface area contributed by atoms with Crippen molar-refractivity contribution in [1.82, 2.24) is 15.5 Å². The van der Waals surface area contributed by atoms with E-state index in [1.165, 1.54) is 6.42 Å². The van der Waals surface area contributed by atoms with Gasteiger partial charge < -0.3 is 20.3 Å². The molecule has 0 spiro atoms. The third kappa shape index (κ3) is 8.83. The van der Waals surface area contributed by atoms with Gasteiger partial charge in [-0.2, -0.15) is 0 Å². The molecule has 7 heteroatoms. The Bertz CT molecular complexity index is 1210. The van der Waals surface area contributed by atoms with Crippen molar-refractivity contribution in [2.45, 2.75) is 130 Å². The summed E-state index contributed by atoms with van der Waals surface area (Å²) in [5.41, 5.74) is 2.30. The van der Waals surface area contributed by atoms with Gasteiger partial charge >= 0.3 is 6.09 Å². The predicted molar refractivity (Wildman–Crippen MR) is 168 cm³/mol. The molecule has 3 rings (SSSR count). The van der Waals surface area contributed by atoms with Crippen molar-refractivity contribution in [3.05, 3.63) is 70.8 Å². The summed E-state index contributed by atoms with van der Waals surface area (Å²) in [6.45, 7) is 15.4. The number of nitrogens with one attached hydrogen (secondary N) is 2. The van der Waals surface area contributed by atoms with Crippen molar-refractivity contribution in [1.29, 1.82) is 0 Å². The molecule has 1 aliphatic carbocycles. The van der Waals surface area contributed by atoms with Crippen molar-refractivity contribution in [3.63, 3.8) is 0 Å². The van der Waals surface area contributed by atoms with Gasteiger partial charge in [-0.25, -0.2) is 4.79 Å². The molecule has 2 aromatic rings. The summed E-state index contributed by atoms with van der Waals surface area (Å²) in [7, 11) is 0. The fraction of sp³-hybridized carbons (Fsp3) is 0.571. The summed E-state index contributed by atoms with van der Waals surface area (Å²) < 4.78 is 5.58. The molecule has 0 heterocycles. The van der Waals surface area contributed by atoms with Crippen molar-refractivity contribution in [2.75, 3.05) is 0 Å². The van der Waals surface area contributed by atoms with Crippen LogP contribution in [0.5, 0.6) is 0 Å². The van der Waals surface area contributed by atoms with E-state index in [4.69, 9.17) is 4.74 Å². The molecule has 1 saturated carbocycles. The lowest BCUT2D eigenvalue weighted by Gasteiger charge is -2.45. The van der Waals surface area contributed by atoms with Gasteiger partial charge in [0.2, 0.25) is 11.8 Å². The first-order chi connectivity index (χ1) is 19.7. The van der Waals surface area contributed by atoms with E-state index in [-0.39, 0.29) is 24.3 Å². The molecule has 2 N–H and O–H groups in total. The van der Waals surface area contributed by atoms with Gasteiger partial charge in [0.25, 0.3) is 0 Å². The Morgan fingerprint density at radius 3 is 2.17 bits per heavy atom. The lowest BCUT2D eigenvalue weighted by molar-refractivity contribution is -0.149. The smallest absolute Gasteiger partial charge is 0.408 e. The normalized spacial score (nSPS) is 15.8. The molecule has 2 atom stereocenters.